The maximum Gasteiger partial charge on any atom is 0.283 e. The van der Waals surface area contributed by atoms with Crippen LogP contribution in [-0.2, 0) is 4.79 Å². The molecule has 1 N–H and O–H groups in total. The number of fused-ring (bicyclic) bond motifs is 1. The lowest BCUT2D eigenvalue weighted by Crippen LogP contribution is -1.67. The molecule has 0 fully saturated rings. The van der Waals surface area contributed by atoms with Crippen LogP contribution in [0.2, 0.25) is 0 Å². The van der Waals surface area contributed by atoms with Crippen molar-refractivity contribution >= 4 is 17.6 Å². The van der Waals surface area contributed by atoms with Crippen LogP contribution in [-0.4, -0.2) is 11.9 Å². The van der Waals surface area contributed by atoms with Crippen molar-refractivity contribution in [1.82, 2.24) is 0 Å². The molecule has 15 heavy (non-hydrogen) atoms. The Morgan fingerprint density at radius 3 is 1.33 bits per heavy atom. The van der Waals surface area contributed by atoms with Crippen molar-refractivity contribution in [2.75, 3.05) is 0 Å². The number of aliphatic hydroxyl groups excluding tert-OH is 1. The second kappa shape index (κ2) is 8.27. The fourth-order valence-corrected chi connectivity index (χ4v) is 1.13. The van der Waals surface area contributed by atoms with Gasteiger partial charge in [-0.15, -0.1) is 0 Å². The molecule has 0 amide bonds. The van der Waals surface area contributed by atoms with Crippen molar-refractivity contribution in [1.29, 1.82) is 5.26 Å². The molecule has 0 aromatic heterocycles. The van der Waals surface area contributed by atoms with Gasteiger partial charge in [0.1, 0.15) is 6.79 Å². The van der Waals surface area contributed by atoms with Crippen LogP contribution in [0.5, 0.6) is 0 Å². The third kappa shape index (κ3) is 4.44. The van der Waals surface area contributed by atoms with Crippen molar-refractivity contribution in [2.45, 2.75) is 0 Å². The molecule has 2 rings (SSSR count). The van der Waals surface area contributed by atoms with E-state index in [4.69, 9.17) is 15.2 Å². The van der Waals surface area contributed by atoms with E-state index in [0.29, 0.717) is 0 Å². The maximum atomic E-state index is 8.00. The zero-order valence-electron chi connectivity index (χ0n) is 8.13. The van der Waals surface area contributed by atoms with Crippen LogP contribution in [0.3, 0.4) is 0 Å². The van der Waals surface area contributed by atoms with Gasteiger partial charge in [0.05, 0.1) is 0 Å². The van der Waals surface area contributed by atoms with E-state index in [1.165, 1.54) is 10.8 Å². The molecule has 0 bridgehead atoms. The molecule has 0 aliphatic heterocycles. The molecule has 76 valence electrons. The molecule has 0 atom stereocenters. The highest BCUT2D eigenvalue weighted by Crippen LogP contribution is 2.11. The van der Waals surface area contributed by atoms with E-state index in [1.807, 2.05) is 6.79 Å². The summed E-state index contributed by atoms with van der Waals surface area (Å²) in [6.07, 6.45) is 0.750. The highest BCUT2D eigenvalue weighted by molar-refractivity contribution is 5.81. The van der Waals surface area contributed by atoms with Gasteiger partial charge in [-0.25, -0.2) is 0 Å². The summed E-state index contributed by atoms with van der Waals surface area (Å²) in [5, 5.41) is 16.4. The van der Waals surface area contributed by atoms with Gasteiger partial charge in [0, 0.05) is 0 Å². The first-order valence-corrected chi connectivity index (χ1v) is 4.14. The lowest BCUT2D eigenvalue weighted by molar-refractivity contribution is -0.0979. The first kappa shape index (κ1) is 12.7. The molecule has 2 aromatic rings. The highest BCUT2D eigenvalue weighted by Gasteiger charge is 1.85. The minimum absolute atomic E-state index is 0.750. The zero-order chi connectivity index (χ0) is 11.5. The van der Waals surface area contributed by atoms with Gasteiger partial charge < -0.3 is 9.90 Å². The predicted molar refractivity (Wildman–Crippen MR) is 58.6 cm³/mol. The molecule has 0 radical (unpaired) electrons. The zero-order valence-corrected chi connectivity index (χ0v) is 8.13. The number of hydrogen-bond acceptors (Lipinski definition) is 3. The van der Waals surface area contributed by atoms with Crippen LogP contribution in [0.25, 0.3) is 10.8 Å². The first-order valence-electron chi connectivity index (χ1n) is 4.14. The predicted octanol–water partition coefficient (Wildman–Crippen LogP) is 2.49. The monoisotopic (exact) mass is 201 g/mol. The summed E-state index contributed by atoms with van der Waals surface area (Å²) < 4.78 is 0. The molecule has 0 aliphatic carbocycles. The van der Waals surface area contributed by atoms with Gasteiger partial charge >= 0.3 is 0 Å². The van der Waals surface area contributed by atoms with E-state index in [0.717, 1.165) is 6.26 Å². The Morgan fingerprint density at radius 2 is 1.13 bits per heavy atom. The summed E-state index contributed by atoms with van der Waals surface area (Å²) in [6.45, 7) is 2.00. The molecule has 0 aliphatic rings. The Bertz CT molecular complexity index is 369. The average Bonchev–Trinajstić information content (AvgIpc) is 2.33. The summed E-state index contributed by atoms with van der Waals surface area (Å²) in [7, 11) is 0. The molecule has 0 spiro atoms. The molecular formula is C12H11NO2. The van der Waals surface area contributed by atoms with E-state index < -0.39 is 0 Å². The van der Waals surface area contributed by atoms with Crippen LogP contribution in [0.4, 0.5) is 0 Å². The molecule has 2 aromatic carbocycles. The minimum atomic E-state index is 0.750. The topological polar surface area (TPSA) is 61.1 Å². The highest BCUT2D eigenvalue weighted by atomic mass is 16.2. The van der Waals surface area contributed by atoms with Crippen LogP contribution in [0.15, 0.2) is 48.5 Å². The van der Waals surface area contributed by atoms with Gasteiger partial charge in [0.25, 0.3) is 6.26 Å². The average molecular weight is 201 g/mol. The van der Waals surface area contributed by atoms with Crippen molar-refractivity contribution < 1.29 is 9.90 Å². The van der Waals surface area contributed by atoms with Crippen LogP contribution < -0.4 is 0 Å². The molecule has 0 saturated heterocycles. The maximum absolute atomic E-state index is 8.00. The van der Waals surface area contributed by atoms with Crippen molar-refractivity contribution in [3.8, 4) is 6.26 Å². The summed E-state index contributed by atoms with van der Waals surface area (Å²) >= 11 is 0. The lowest BCUT2D eigenvalue weighted by atomic mass is 10.1. The third-order valence-corrected chi connectivity index (χ3v) is 1.66. The smallest absolute Gasteiger partial charge is 0.283 e. The van der Waals surface area contributed by atoms with Crippen LogP contribution in [0, 0.1) is 11.5 Å². The quantitative estimate of drug-likeness (QED) is 0.666. The second-order valence-electron chi connectivity index (χ2n) is 2.45. The summed E-state index contributed by atoms with van der Waals surface area (Å²) in [6, 6.07) is 16.7. The third-order valence-electron chi connectivity index (χ3n) is 1.66. The number of aliphatic hydroxyl groups is 1. The normalized spacial score (nSPS) is 7.40. The summed E-state index contributed by atoms with van der Waals surface area (Å²) in [4.78, 5) is 8.00. The molecule has 0 heterocycles. The number of carbonyl (C=O) groups excluding carboxylic acids is 1. The number of rotatable bonds is 0. The Hall–Kier alpha value is -2.34. The lowest BCUT2D eigenvalue weighted by Gasteiger charge is -1.92. The summed E-state index contributed by atoms with van der Waals surface area (Å²) in [5.74, 6) is 0. The van der Waals surface area contributed by atoms with E-state index in [9.17, 15) is 0 Å². The van der Waals surface area contributed by atoms with Gasteiger partial charge in [-0.1, -0.05) is 48.5 Å². The Morgan fingerprint density at radius 1 is 0.933 bits per heavy atom. The molecule has 0 saturated carbocycles. The number of carbonyl (C=O) groups is 1. The van der Waals surface area contributed by atoms with Crippen LogP contribution >= 0.6 is 0 Å². The van der Waals surface area contributed by atoms with Gasteiger partial charge in [0.2, 0.25) is 0 Å². The fraction of sp³-hybridized carbons (Fsp3) is 0. The number of hydrogen-bond donors (Lipinski definition) is 1. The Balaban J connectivity index is 0.000000342. The number of benzene rings is 2. The van der Waals surface area contributed by atoms with Gasteiger partial charge in [-0.2, -0.15) is 5.26 Å². The van der Waals surface area contributed by atoms with Crippen LogP contribution in [0.1, 0.15) is 0 Å². The van der Waals surface area contributed by atoms with E-state index >= 15 is 0 Å². The van der Waals surface area contributed by atoms with Gasteiger partial charge in [0.15, 0.2) is 0 Å². The van der Waals surface area contributed by atoms with Gasteiger partial charge in [-0.05, 0) is 10.8 Å². The van der Waals surface area contributed by atoms with Gasteiger partial charge in [-0.3, -0.25) is 0 Å². The molecular weight excluding hydrogens is 190 g/mol. The summed E-state index contributed by atoms with van der Waals surface area (Å²) in [5.41, 5.74) is 0. The van der Waals surface area contributed by atoms with Crippen molar-refractivity contribution in [2.24, 2.45) is 0 Å². The second-order valence-corrected chi connectivity index (χ2v) is 2.45. The minimum Gasteiger partial charge on any atom is -0.443 e. The van der Waals surface area contributed by atoms with E-state index in [2.05, 4.69) is 48.5 Å². The molecule has 0 unspecified atom stereocenters. The van der Waals surface area contributed by atoms with E-state index in [-0.39, 0.29) is 0 Å². The standard InChI is InChI=1S/C10H8.CHNO.CH2O/c1-2-6-10-8-4-3-7-9(10)5-1;2-1-3;1-2/h1-8H;3H;1H2. The molecule has 3 heteroatoms. The fourth-order valence-electron chi connectivity index (χ4n) is 1.13. The van der Waals surface area contributed by atoms with Crippen molar-refractivity contribution in [3.63, 3.8) is 0 Å². The van der Waals surface area contributed by atoms with Crippen molar-refractivity contribution in [3.05, 3.63) is 48.5 Å². The SMILES string of the molecule is C=O.N#CO.c1ccc2ccccc2c1. The largest absolute Gasteiger partial charge is 0.443 e. The Labute approximate surface area is 88.2 Å². The Kier molecular flexibility index (Phi) is 6.98. The first-order chi connectivity index (χ1) is 7.38. The molecule has 3 nitrogen and oxygen atoms in total. The number of nitrogens with zero attached hydrogens (tertiary/aromatic N) is 1. The van der Waals surface area contributed by atoms with E-state index in [1.54, 1.807) is 0 Å². The number of nitriles is 1.